The van der Waals surface area contributed by atoms with Gasteiger partial charge >= 0.3 is 0 Å². The number of nitrogens with two attached hydrogens (primary N) is 1. The third-order valence-electron chi connectivity index (χ3n) is 4.52. The molecular formula is C19H16F3N5O2. The van der Waals surface area contributed by atoms with E-state index >= 15 is 0 Å². The number of pyridine rings is 1. The fourth-order valence-electron chi connectivity index (χ4n) is 2.99. The zero-order chi connectivity index (χ0) is 21.2. The van der Waals surface area contributed by atoms with Gasteiger partial charge in [-0.2, -0.15) is 5.26 Å². The summed E-state index contributed by atoms with van der Waals surface area (Å²) in [5.74, 6) is -1.42. The van der Waals surface area contributed by atoms with Crippen LogP contribution in [-0.2, 0) is 10.3 Å². The van der Waals surface area contributed by atoms with E-state index in [0.29, 0.717) is 0 Å². The Labute approximate surface area is 164 Å². The topological polar surface area (TPSA) is 113 Å². The van der Waals surface area contributed by atoms with Crippen LogP contribution in [0.3, 0.4) is 0 Å². The highest BCUT2D eigenvalue weighted by Crippen LogP contribution is 2.39. The SMILES string of the molecule is C[C@]1(c2cc(NC(=O)c3ccc(C#N)cn3)ccc2F)N=C(N)O[C@@H](CF)[C@@H]1F. The Balaban J connectivity index is 1.92. The molecule has 1 aliphatic heterocycles. The molecule has 0 aliphatic carbocycles. The van der Waals surface area contributed by atoms with Crippen molar-refractivity contribution in [3.63, 3.8) is 0 Å². The van der Waals surface area contributed by atoms with Gasteiger partial charge in [0, 0.05) is 17.4 Å². The minimum absolute atomic E-state index is 0.0234. The molecule has 150 valence electrons. The number of hydrogen-bond acceptors (Lipinski definition) is 6. The lowest BCUT2D eigenvalue weighted by Gasteiger charge is -2.37. The van der Waals surface area contributed by atoms with Gasteiger partial charge in [0.15, 0.2) is 12.3 Å². The number of carbonyl (C=O) groups excluding carboxylic acids is 1. The van der Waals surface area contributed by atoms with E-state index in [1.165, 1.54) is 37.4 Å². The van der Waals surface area contributed by atoms with Crippen molar-refractivity contribution < 1.29 is 22.7 Å². The number of halogens is 3. The van der Waals surface area contributed by atoms with Crippen molar-refractivity contribution in [1.82, 2.24) is 4.98 Å². The van der Waals surface area contributed by atoms with Crippen LogP contribution in [0, 0.1) is 17.1 Å². The van der Waals surface area contributed by atoms with Gasteiger partial charge in [0.25, 0.3) is 11.9 Å². The summed E-state index contributed by atoms with van der Waals surface area (Å²) in [5.41, 5.74) is 3.89. The molecule has 3 rings (SSSR count). The number of hydrogen-bond donors (Lipinski definition) is 2. The monoisotopic (exact) mass is 403 g/mol. The summed E-state index contributed by atoms with van der Waals surface area (Å²) in [5, 5.41) is 11.3. The lowest BCUT2D eigenvalue weighted by atomic mass is 9.84. The first-order chi connectivity index (χ1) is 13.8. The van der Waals surface area contributed by atoms with E-state index in [4.69, 9.17) is 15.7 Å². The largest absolute Gasteiger partial charge is 0.456 e. The zero-order valence-electron chi connectivity index (χ0n) is 15.2. The van der Waals surface area contributed by atoms with Crippen molar-refractivity contribution >= 4 is 17.6 Å². The smallest absolute Gasteiger partial charge is 0.283 e. The highest BCUT2D eigenvalue weighted by atomic mass is 19.1. The number of nitrogens with zero attached hydrogens (tertiary/aromatic N) is 3. The van der Waals surface area contributed by atoms with Crippen molar-refractivity contribution in [3.8, 4) is 6.07 Å². The number of anilines is 1. The number of ether oxygens (including phenoxy) is 1. The number of nitriles is 1. The number of aliphatic imine (C=N–C) groups is 1. The summed E-state index contributed by atoms with van der Waals surface area (Å²) in [6, 6.07) is 7.69. The van der Waals surface area contributed by atoms with E-state index < -0.39 is 42.2 Å². The summed E-state index contributed by atoms with van der Waals surface area (Å²) in [6.07, 6.45) is -2.31. The Morgan fingerprint density at radius 1 is 1.41 bits per heavy atom. The third kappa shape index (κ3) is 3.85. The first-order valence-electron chi connectivity index (χ1n) is 8.48. The predicted molar refractivity (Wildman–Crippen MR) is 98.0 cm³/mol. The minimum atomic E-state index is -2.01. The van der Waals surface area contributed by atoms with Crippen LogP contribution in [-0.4, -0.2) is 35.9 Å². The van der Waals surface area contributed by atoms with Crippen LogP contribution >= 0.6 is 0 Å². The maximum absolute atomic E-state index is 14.8. The third-order valence-corrected chi connectivity index (χ3v) is 4.52. The van der Waals surface area contributed by atoms with Crippen molar-refractivity contribution in [2.45, 2.75) is 24.7 Å². The van der Waals surface area contributed by atoms with Crippen molar-refractivity contribution in [3.05, 3.63) is 59.2 Å². The summed E-state index contributed by atoms with van der Waals surface area (Å²) in [7, 11) is 0. The molecule has 7 nitrogen and oxygen atoms in total. The van der Waals surface area contributed by atoms with E-state index in [1.54, 1.807) is 0 Å². The highest BCUT2D eigenvalue weighted by Gasteiger charge is 2.48. The average Bonchev–Trinajstić information content (AvgIpc) is 2.72. The number of amidine groups is 1. The fourth-order valence-corrected chi connectivity index (χ4v) is 2.99. The van der Waals surface area contributed by atoms with Crippen molar-refractivity contribution in [1.29, 1.82) is 5.26 Å². The highest BCUT2D eigenvalue weighted by molar-refractivity contribution is 6.02. The second kappa shape index (κ2) is 7.79. The Kier molecular flexibility index (Phi) is 5.41. The second-order valence-electron chi connectivity index (χ2n) is 6.50. The Morgan fingerprint density at radius 3 is 2.79 bits per heavy atom. The number of carbonyl (C=O) groups is 1. The number of rotatable bonds is 4. The van der Waals surface area contributed by atoms with E-state index in [2.05, 4.69) is 15.3 Å². The molecule has 2 heterocycles. The molecule has 0 spiro atoms. The molecule has 0 fully saturated rings. The molecule has 0 saturated carbocycles. The first-order valence-corrected chi connectivity index (χ1v) is 8.48. The molecule has 3 N–H and O–H groups in total. The van der Waals surface area contributed by atoms with E-state index in [1.807, 2.05) is 6.07 Å². The lowest BCUT2D eigenvalue weighted by Crippen LogP contribution is -2.50. The normalized spacial score (nSPS) is 23.5. The Bertz CT molecular complexity index is 1010. The summed E-state index contributed by atoms with van der Waals surface area (Å²) >= 11 is 0. The number of benzene rings is 1. The maximum atomic E-state index is 14.8. The quantitative estimate of drug-likeness (QED) is 0.815. The molecule has 10 heteroatoms. The van der Waals surface area contributed by atoms with E-state index in [-0.39, 0.29) is 22.5 Å². The number of aromatic nitrogens is 1. The van der Waals surface area contributed by atoms with Gasteiger partial charge in [0.05, 0.1) is 5.56 Å². The Hall–Kier alpha value is -3.61. The van der Waals surface area contributed by atoms with Gasteiger partial charge in [-0.15, -0.1) is 0 Å². The molecule has 2 aromatic rings. The molecule has 0 saturated heterocycles. The number of nitrogens with one attached hydrogen (secondary N) is 1. The van der Waals surface area contributed by atoms with Gasteiger partial charge in [-0.3, -0.25) is 4.79 Å². The van der Waals surface area contributed by atoms with Gasteiger partial charge in [0.2, 0.25) is 0 Å². The molecule has 1 aromatic carbocycles. The second-order valence-corrected chi connectivity index (χ2v) is 6.50. The van der Waals surface area contributed by atoms with Crippen LogP contribution in [0.15, 0.2) is 41.5 Å². The fraction of sp³-hybridized carbons (Fsp3) is 0.263. The average molecular weight is 403 g/mol. The van der Waals surface area contributed by atoms with Crippen LogP contribution in [0.5, 0.6) is 0 Å². The zero-order valence-corrected chi connectivity index (χ0v) is 15.2. The van der Waals surface area contributed by atoms with Gasteiger partial charge in [-0.1, -0.05) is 0 Å². The molecule has 0 bridgehead atoms. The summed E-state index contributed by atoms with van der Waals surface area (Å²) in [4.78, 5) is 20.1. The van der Waals surface area contributed by atoms with Gasteiger partial charge in [-0.25, -0.2) is 23.1 Å². The Morgan fingerprint density at radius 2 is 2.17 bits per heavy atom. The van der Waals surface area contributed by atoms with Crippen LogP contribution in [0.4, 0.5) is 18.9 Å². The van der Waals surface area contributed by atoms with Crippen LogP contribution in [0.1, 0.15) is 28.5 Å². The van der Waals surface area contributed by atoms with Gasteiger partial charge in [0.1, 0.15) is 29.8 Å². The van der Waals surface area contributed by atoms with Crippen molar-refractivity contribution in [2.75, 3.05) is 12.0 Å². The van der Waals surface area contributed by atoms with E-state index in [0.717, 1.165) is 6.07 Å². The molecular weight excluding hydrogens is 387 g/mol. The molecule has 0 unspecified atom stereocenters. The first kappa shape index (κ1) is 20.1. The van der Waals surface area contributed by atoms with Crippen LogP contribution in [0.2, 0.25) is 0 Å². The molecule has 1 aliphatic rings. The lowest BCUT2D eigenvalue weighted by molar-refractivity contribution is 0.00453. The molecule has 1 amide bonds. The van der Waals surface area contributed by atoms with Gasteiger partial charge in [-0.05, 0) is 37.3 Å². The standard InChI is InChI=1S/C19H16F3N5O2/c1-19(16(22)15(7-20)29-18(24)27-19)12-6-11(3-4-13(12)21)26-17(28)14-5-2-10(8-23)9-25-14/h2-6,9,15-16H,7H2,1H3,(H2,24,27)(H,26,28)/t15-,16-,19+/m0/s1. The van der Waals surface area contributed by atoms with Gasteiger partial charge < -0.3 is 15.8 Å². The minimum Gasteiger partial charge on any atom is -0.456 e. The van der Waals surface area contributed by atoms with Crippen LogP contribution in [0.25, 0.3) is 0 Å². The number of alkyl halides is 2. The number of amides is 1. The molecule has 29 heavy (non-hydrogen) atoms. The predicted octanol–water partition coefficient (Wildman–Crippen LogP) is 2.58. The van der Waals surface area contributed by atoms with Crippen molar-refractivity contribution in [2.24, 2.45) is 10.7 Å². The molecule has 0 radical (unpaired) electrons. The molecule has 3 atom stereocenters. The summed E-state index contributed by atoms with van der Waals surface area (Å²) in [6.45, 7) is 0.0945. The van der Waals surface area contributed by atoms with E-state index in [9.17, 15) is 18.0 Å². The maximum Gasteiger partial charge on any atom is 0.283 e. The van der Waals surface area contributed by atoms with Crippen LogP contribution < -0.4 is 11.1 Å². The summed E-state index contributed by atoms with van der Waals surface area (Å²) < 4.78 is 47.3. The molecule has 1 aromatic heterocycles.